The van der Waals surface area contributed by atoms with Crippen LogP contribution in [0.5, 0.6) is 0 Å². The summed E-state index contributed by atoms with van der Waals surface area (Å²) in [5.74, 6) is -2.21. The number of aliphatic carboxylic acids is 1. The van der Waals surface area contributed by atoms with E-state index in [1.807, 2.05) is 0 Å². The predicted molar refractivity (Wildman–Crippen MR) is 44.2 cm³/mol. The summed E-state index contributed by atoms with van der Waals surface area (Å²) < 4.78 is 0. The van der Waals surface area contributed by atoms with Crippen molar-refractivity contribution in [3.05, 3.63) is 0 Å². The summed E-state index contributed by atoms with van der Waals surface area (Å²) >= 11 is 0. The fourth-order valence-electron chi connectivity index (χ4n) is 1.43. The van der Waals surface area contributed by atoms with Gasteiger partial charge in [-0.05, 0) is 0 Å². The number of hydrogen-bond acceptors (Lipinski definition) is 4. The highest BCUT2D eigenvalue weighted by atomic mass is 16.4. The lowest BCUT2D eigenvalue weighted by Gasteiger charge is -2.21. The van der Waals surface area contributed by atoms with Gasteiger partial charge in [-0.25, -0.2) is 4.79 Å². The lowest BCUT2D eigenvalue weighted by atomic mass is 10.2. The average molecular weight is 201 g/mol. The molecule has 1 heterocycles. The first-order valence-electron chi connectivity index (χ1n) is 4.26. The van der Waals surface area contributed by atoms with Crippen LogP contribution in [0, 0.1) is 0 Å². The molecule has 1 rings (SSSR count). The van der Waals surface area contributed by atoms with Crippen LogP contribution in [0.25, 0.3) is 0 Å². The van der Waals surface area contributed by atoms with E-state index in [1.165, 1.54) is 0 Å². The molecule has 6 heteroatoms. The standard InChI is InChI=1S/C8H11NO5/c10-4-3-5(8(13)14)9-6(11)1-2-7(9)12/h5,10H,1-4H2,(H,13,14)/t5-/m0/s1. The third-order valence-electron chi connectivity index (χ3n) is 2.09. The minimum atomic E-state index is -1.26. The fourth-order valence-corrected chi connectivity index (χ4v) is 1.43. The molecular formula is C8H11NO5. The molecule has 0 aromatic rings. The number of imide groups is 1. The highest BCUT2D eigenvalue weighted by Gasteiger charge is 2.38. The molecule has 2 N–H and O–H groups in total. The SMILES string of the molecule is O=C(O)[C@H](CCO)N1C(=O)CCC1=O. The van der Waals surface area contributed by atoms with Crippen LogP contribution < -0.4 is 0 Å². The summed E-state index contributed by atoms with van der Waals surface area (Å²) in [6, 6.07) is -1.22. The minimum Gasteiger partial charge on any atom is -0.480 e. The average Bonchev–Trinajstić information content (AvgIpc) is 2.43. The van der Waals surface area contributed by atoms with E-state index in [0.717, 1.165) is 4.90 Å². The topological polar surface area (TPSA) is 94.9 Å². The molecular weight excluding hydrogens is 190 g/mol. The number of rotatable bonds is 4. The second kappa shape index (κ2) is 4.19. The third kappa shape index (κ3) is 1.90. The Morgan fingerprint density at radius 1 is 1.36 bits per heavy atom. The van der Waals surface area contributed by atoms with Gasteiger partial charge in [0.2, 0.25) is 11.8 Å². The Hall–Kier alpha value is -1.43. The van der Waals surface area contributed by atoms with Crippen LogP contribution in [0.3, 0.4) is 0 Å². The lowest BCUT2D eigenvalue weighted by molar-refractivity contribution is -0.154. The van der Waals surface area contributed by atoms with Gasteiger partial charge in [0.25, 0.3) is 0 Å². The van der Waals surface area contributed by atoms with Gasteiger partial charge in [-0.2, -0.15) is 0 Å². The highest BCUT2D eigenvalue weighted by molar-refractivity contribution is 6.04. The number of carboxylic acids is 1. The molecule has 0 radical (unpaired) electrons. The van der Waals surface area contributed by atoms with Crippen LogP contribution in [0.1, 0.15) is 19.3 Å². The summed E-state index contributed by atoms with van der Waals surface area (Å²) in [5.41, 5.74) is 0. The van der Waals surface area contributed by atoms with Crippen LogP contribution in [0.4, 0.5) is 0 Å². The summed E-state index contributed by atoms with van der Waals surface area (Å²) in [6.45, 7) is -0.367. The fraction of sp³-hybridized carbons (Fsp3) is 0.625. The first kappa shape index (κ1) is 10.6. The number of amides is 2. The van der Waals surface area contributed by atoms with Gasteiger partial charge < -0.3 is 10.2 Å². The first-order valence-corrected chi connectivity index (χ1v) is 4.26. The molecule has 0 unspecified atom stereocenters. The number of carbonyl (C=O) groups excluding carboxylic acids is 2. The molecule has 6 nitrogen and oxygen atoms in total. The van der Waals surface area contributed by atoms with E-state index in [9.17, 15) is 14.4 Å². The van der Waals surface area contributed by atoms with Crippen molar-refractivity contribution in [3.63, 3.8) is 0 Å². The van der Waals surface area contributed by atoms with Gasteiger partial charge in [0.15, 0.2) is 0 Å². The quantitative estimate of drug-likeness (QED) is 0.567. The van der Waals surface area contributed by atoms with Crippen molar-refractivity contribution in [2.75, 3.05) is 6.61 Å². The van der Waals surface area contributed by atoms with Crippen molar-refractivity contribution >= 4 is 17.8 Å². The molecule has 1 atom stereocenters. The number of likely N-dealkylation sites (tertiary alicyclic amines) is 1. The van der Waals surface area contributed by atoms with Crippen LogP contribution in [-0.2, 0) is 14.4 Å². The van der Waals surface area contributed by atoms with Gasteiger partial charge in [0, 0.05) is 25.9 Å². The van der Waals surface area contributed by atoms with E-state index in [1.54, 1.807) is 0 Å². The monoisotopic (exact) mass is 201 g/mol. The molecule has 78 valence electrons. The Bertz CT molecular complexity index is 259. The van der Waals surface area contributed by atoms with Crippen molar-refractivity contribution in [2.24, 2.45) is 0 Å². The van der Waals surface area contributed by atoms with Crippen molar-refractivity contribution in [3.8, 4) is 0 Å². The summed E-state index contributed by atoms with van der Waals surface area (Å²) in [5, 5.41) is 17.3. The van der Waals surface area contributed by atoms with Crippen LogP contribution in [0.15, 0.2) is 0 Å². The molecule has 2 amide bonds. The van der Waals surface area contributed by atoms with Gasteiger partial charge in [-0.1, -0.05) is 0 Å². The second-order valence-corrected chi connectivity index (χ2v) is 3.02. The largest absolute Gasteiger partial charge is 0.480 e. The number of hydrogen-bond donors (Lipinski definition) is 2. The maximum Gasteiger partial charge on any atom is 0.327 e. The zero-order valence-corrected chi connectivity index (χ0v) is 7.47. The van der Waals surface area contributed by atoms with Gasteiger partial charge in [0.05, 0.1) is 0 Å². The van der Waals surface area contributed by atoms with E-state index < -0.39 is 23.8 Å². The van der Waals surface area contributed by atoms with E-state index in [0.29, 0.717) is 0 Å². The Morgan fingerprint density at radius 2 is 1.86 bits per heavy atom. The number of carbonyl (C=O) groups is 3. The smallest absolute Gasteiger partial charge is 0.327 e. The predicted octanol–water partition coefficient (Wildman–Crippen LogP) is -1.03. The van der Waals surface area contributed by atoms with E-state index in [4.69, 9.17) is 10.2 Å². The summed E-state index contributed by atoms with van der Waals surface area (Å²) in [7, 11) is 0. The summed E-state index contributed by atoms with van der Waals surface area (Å²) in [4.78, 5) is 33.8. The number of aliphatic hydroxyl groups excluding tert-OH is 1. The zero-order chi connectivity index (χ0) is 10.7. The molecule has 0 saturated carbocycles. The van der Waals surface area contributed by atoms with Crippen molar-refractivity contribution in [1.29, 1.82) is 0 Å². The molecule has 1 aliphatic rings. The Balaban J connectivity index is 2.81. The molecule has 0 aliphatic carbocycles. The van der Waals surface area contributed by atoms with Gasteiger partial charge in [-0.3, -0.25) is 14.5 Å². The number of aliphatic hydroxyl groups is 1. The van der Waals surface area contributed by atoms with Crippen molar-refractivity contribution in [1.82, 2.24) is 4.90 Å². The van der Waals surface area contributed by atoms with Crippen LogP contribution >= 0.6 is 0 Å². The Labute approximate surface area is 80.1 Å². The Kier molecular flexibility index (Phi) is 3.19. The zero-order valence-electron chi connectivity index (χ0n) is 7.47. The number of carboxylic acid groups (broad SMARTS) is 1. The molecule has 14 heavy (non-hydrogen) atoms. The molecule has 1 fully saturated rings. The second-order valence-electron chi connectivity index (χ2n) is 3.02. The van der Waals surface area contributed by atoms with Crippen molar-refractivity contribution in [2.45, 2.75) is 25.3 Å². The maximum atomic E-state index is 11.2. The Morgan fingerprint density at radius 3 is 2.21 bits per heavy atom. The minimum absolute atomic E-state index is 0.0635. The van der Waals surface area contributed by atoms with E-state index in [2.05, 4.69) is 0 Å². The van der Waals surface area contributed by atoms with Crippen LogP contribution in [0.2, 0.25) is 0 Å². The van der Waals surface area contributed by atoms with Crippen LogP contribution in [-0.4, -0.2) is 45.5 Å². The van der Waals surface area contributed by atoms with Gasteiger partial charge >= 0.3 is 5.97 Å². The van der Waals surface area contributed by atoms with Gasteiger partial charge in [-0.15, -0.1) is 0 Å². The summed E-state index contributed by atoms with van der Waals surface area (Å²) in [6.07, 6.45) is 0.00883. The first-order chi connectivity index (χ1) is 6.57. The molecule has 1 saturated heterocycles. The molecule has 0 bridgehead atoms. The van der Waals surface area contributed by atoms with E-state index >= 15 is 0 Å². The normalized spacial score (nSPS) is 18.8. The van der Waals surface area contributed by atoms with E-state index in [-0.39, 0.29) is 25.9 Å². The maximum absolute atomic E-state index is 11.2. The highest BCUT2D eigenvalue weighted by Crippen LogP contribution is 2.17. The third-order valence-corrected chi connectivity index (χ3v) is 2.09. The van der Waals surface area contributed by atoms with Crippen molar-refractivity contribution < 1.29 is 24.6 Å². The molecule has 1 aliphatic heterocycles. The molecule has 0 aromatic heterocycles. The lowest BCUT2D eigenvalue weighted by Crippen LogP contribution is -2.44. The number of nitrogens with zero attached hydrogens (tertiary/aromatic N) is 1. The molecule has 0 spiro atoms. The van der Waals surface area contributed by atoms with Gasteiger partial charge in [0.1, 0.15) is 6.04 Å². The molecule has 0 aromatic carbocycles.